The highest BCUT2D eigenvalue weighted by molar-refractivity contribution is 5.76. The Balaban J connectivity index is 1.63. The van der Waals surface area contributed by atoms with Gasteiger partial charge in [0.1, 0.15) is 0 Å². The zero-order valence-electron chi connectivity index (χ0n) is 18.6. The smallest absolute Gasteiger partial charge is 0.332 e. The zero-order valence-corrected chi connectivity index (χ0v) is 18.6. The normalized spacial score (nSPS) is 20.6. The first-order valence-electron chi connectivity index (χ1n) is 10.3. The predicted molar refractivity (Wildman–Crippen MR) is 114 cm³/mol. The molecular weight excluding hydrogens is 388 g/mol. The molecule has 0 aromatic carbocycles. The molecule has 2 aromatic rings. The number of carbonyl (C=O) groups excluding carboxylic acids is 1. The Labute approximate surface area is 175 Å². The van der Waals surface area contributed by atoms with Gasteiger partial charge in [0.2, 0.25) is 5.91 Å². The van der Waals surface area contributed by atoms with Crippen molar-refractivity contribution >= 4 is 17.1 Å². The number of aryl methyl sites for hydroxylation is 2. The third kappa shape index (κ3) is 4.34. The summed E-state index contributed by atoms with van der Waals surface area (Å²) in [5.74, 6) is -0.0964. The number of hydrogen-bond acceptors (Lipinski definition) is 6. The fraction of sp³-hybridized carbons (Fsp3) is 0.700. The number of hydrogen-bond donors (Lipinski definition) is 1. The molecule has 1 N–H and O–H groups in total. The fourth-order valence-corrected chi connectivity index (χ4v) is 3.98. The van der Waals surface area contributed by atoms with Gasteiger partial charge in [0.05, 0.1) is 18.5 Å². The van der Waals surface area contributed by atoms with E-state index in [0.717, 1.165) is 17.7 Å². The summed E-state index contributed by atoms with van der Waals surface area (Å²) in [5, 5.41) is 3.01. The number of carbonyl (C=O) groups is 1. The zero-order chi connectivity index (χ0) is 22.2. The van der Waals surface area contributed by atoms with Crippen LogP contribution in [-0.4, -0.2) is 66.9 Å². The summed E-state index contributed by atoms with van der Waals surface area (Å²) in [5.41, 5.74) is -0.394. The second-order valence-corrected chi connectivity index (χ2v) is 8.82. The fourth-order valence-electron chi connectivity index (χ4n) is 3.98. The van der Waals surface area contributed by atoms with Crippen LogP contribution in [0, 0.1) is 0 Å². The van der Waals surface area contributed by atoms with Gasteiger partial charge < -0.3 is 14.6 Å². The minimum atomic E-state index is -0.426. The molecule has 0 aliphatic carbocycles. The Kier molecular flexibility index (Phi) is 6.19. The second-order valence-electron chi connectivity index (χ2n) is 8.82. The lowest BCUT2D eigenvalue weighted by Crippen LogP contribution is -2.58. The van der Waals surface area contributed by atoms with Crippen molar-refractivity contribution in [3.8, 4) is 0 Å². The highest BCUT2D eigenvalue weighted by Gasteiger charge is 2.33. The Morgan fingerprint density at radius 1 is 1.20 bits per heavy atom. The second kappa shape index (κ2) is 8.35. The van der Waals surface area contributed by atoms with Crippen molar-refractivity contribution < 1.29 is 9.53 Å². The van der Waals surface area contributed by atoms with Gasteiger partial charge in [-0.05, 0) is 27.7 Å². The van der Waals surface area contributed by atoms with Crippen LogP contribution in [0.4, 0.5) is 0 Å². The Morgan fingerprint density at radius 3 is 2.47 bits per heavy atom. The van der Waals surface area contributed by atoms with E-state index in [-0.39, 0.29) is 30.1 Å². The van der Waals surface area contributed by atoms with Crippen molar-refractivity contribution in [3.05, 3.63) is 27.2 Å². The first-order valence-corrected chi connectivity index (χ1v) is 10.3. The number of nitrogens with one attached hydrogen (secondary N) is 1. The molecule has 3 heterocycles. The number of imidazole rings is 1. The Morgan fingerprint density at radius 2 is 1.83 bits per heavy atom. The van der Waals surface area contributed by atoms with Crippen LogP contribution < -0.4 is 16.6 Å². The van der Waals surface area contributed by atoms with Gasteiger partial charge in [-0.25, -0.2) is 9.78 Å². The van der Waals surface area contributed by atoms with Crippen molar-refractivity contribution in [3.63, 3.8) is 0 Å². The van der Waals surface area contributed by atoms with E-state index in [1.807, 2.05) is 0 Å². The van der Waals surface area contributed by atoms with Crippen LogP contribution in [-0.2, 0) is 30.2 Å². The van der Waals surface area contributed by atoms with E-state index in [1.54, 1.807) is 11.6 Å². The largest absolute Gasteiger partial charge is 0.373 e. The van der Waals surface area contributed by atoms with Crippen LogP contribution in [0.1, 0.15) is 34.1 Å². The highest BCUT2D eigenvalue weighted by Crippen LogP contribution is 2.20. The maximum absolute atomic E-state index is 12.5. The molecule has 0 radical (unpaired) electrons. The summed E-state index contributed by atoms with van der Waals surface area (Å²) >= 11 is 0. The first-order chi connectivity index (χ1) is 14.0. The number of amides is 1. The van der Waals surface area contributed by atoms with E-state index in [2.05, 4.69) is 42.9 Å². The van der Waals surface area contributed by atoms with Gasteiger partial charge in [-0.3, -0.25) is 23.6 Å². The molecule has 1 saturated heterocycles. The Bertz CT molecular complexity index is 1040. The molecule has 0 unspecified atom stereocenters. The van der Waals surface area contributed by atoms with Crippen molar-refractivity contribution in [2.24, 2.45) is 14.1 Å². The van der Waals surface area contributed by atoms with Crippen LogP contribution in [0.3, 0.4) is 0 Å². The van der Waals surface area contributed by atoms with Crippen molar-refractivity contribution in [2.75, 3.05) is 19.6 Å². The predicted octanol–water partition coefficient (Wildman–Crippen LogP) is -0.172. The van der Waals surface area contributed by atoms with Gasteiger partial charge in [0.25, 0.3) is 5.56 Å². The minimum absolute atomic E-state index is 0.0964. The SMILES string of the molecule is C[C@@H]1CN(C(C)(C)CNC(=O)CCn2cnc3c2c(=O)n(C)c(=O)n3C)C[C@H](C)O1. The monoisotopic (exact) mass is 420 g/mol. The molecule has 166 valence electrons. The lowest BCUT2D eigenvalue weighted by atomic mass is 10.00. The maximum atomic E-state index is 12.5. The van der Waals surface area contributed by atoms with Gasteiger partial charge in [-0.1, -0.05) is 0 Å². The number of nitrogens with zero attached hydrogens (tertiary/aromatic N) is 5. The molecule has 3 rings (SSSR count). The van der Waals surface area contributed by atoms with E-state index < -0.39 is 11.2 Å². The number of rotatable bonds is 6. The average Bonchev–Trinajstić information content (AvgIpc) is 3.11. The molecule has 2 atom stereocenters. The first kappa shape index (κ1) is 22.2. The Hall–Kier alpha value is -2.46. The molecule has 1 amide bonds. The van der Waals surface area contributed by atoms with E-state index in [9.17, 15) is 14.4 Å². The molecule has 0 spiro atoms. The summed E-state index contributed by atoms with van der Waals surface area (Å²) in [7, 11) is 3.01. The van der Waals surface area contributed by atoms with Crippen LogP contribution in [0.15, 0.2) is 15.9 Å². The highest BCUT2D eigenvalue weighted by atomic mass is 16.5. The van der Waals surface area contributed by atoms with E-state index in [4.69, 9.17) is 4.74 Å². The topological polar surface area (TPSA) is 103 Å². The molecular formula is C20H32N6O4. The number of ether oxygens (including phenoxy) is 1. The lowest BCUT2D eigenvalue weighted by Gasteiger charge is -2.45. The number of morpholine rings is 1. The van der Waals surface area contributed by atoms with Crippen molar-refractivity contribution in [1.29, 1.82) is 0 Å². The van der Waals surface area contributed by atoms with Crippen LogP contribution >= 0.6 is 0 Å². The maximum Gasteiger partial charge on any atom is 0.332 e. The van der Waals surface area contributed by atoms with Gasteiger partial charge in [-0.15, -0.1) is 0 Å². The third-order valence-electron chi connectivity index (χ3n) is 5.79. The third-order valence-corrected chi connectivity index (χ3v) is 5.79. The van der Waals surface area contributed by atoms with Crippen LogP contribution in [0.25, 0.3) is 11.2 Å². The molecule has 1 aliphatic rings. The summed E-state index contributed by atoms with van der Waals surface area (Å²) in [6.45, 7) is 10.8. The summed E-state index contributed by atoms with van der Waals surface area (Å²) in [4.78, 5) is 43.5. The van der Waals surface area contributed by atoms with Gasteiger partial charge >= 0.3 is 5.69 Å². The molecule has 0 saturated carbocycles. The molecule has 2 aromatic heterocycles. The number of aromatic nitrogens is 4. The lowest BCUT2D eigenvalue weighted by molar-refractivity contribution is -0.123. The average molecular weight is 421 g/mol. The molecule has 1 fully saturated rings. The molecule has 0 bridgehead atoms. The van der Waals surface area contributed by atoms with Gasteiger partial charge in [0.15, 0.2) is 11.2 Å². The van der Waals surface area contributed by atoms with Gasteiger partial charge in [0, 0.05) is 52.2 Å². The molecule has 1 aliphatic heterocycles. The van der Waals surface area contributed by atoms with E-state index >= 15 is 0 Å². The molecule has 30 heavy (non-hydrogen) atoms. The quantitative estimate of drug-likeness (QED) is 0.696. The van der Waals surface area contributed by atoms with Crippen molar-refractivity contribution in [1.82, 2.24) is 28.9 Å². The van der Waals surface area contributed by atoms with E-state index in [1.165, 1.54) is 17.9 Å². The molecule has 10 heteroatoms. The van der Waals surface area contributed by atoms with Gasteiger partial charge in [-0.2, -0.15) is 0 Å². The van der Waals surface area contributed by atoms with Crippen molar-refractivity contribution in [2.45, 2.75) is 58.4 Å². The minimum Gasteiger partial charge on any atom is -0.373 e. The standard InChI is InChI=1S/C20H32N6O4/c1-13-9-26(10-14(2)30-13)20(3,4)11-21-15(27)7-8-25-12-22-17-16(25)18(28)24(6)19(29)23(17)5/h12-14H,7-11H2,1-6H3,(H,21,27)/t13-,14+. The summed E-state index contributed by atoms with van der Waals surface area (Å²) < 4.78 is 9.81. The summed E-state index contributed by atoms with van der Waals surface area (Å²) in [6.07, 6.45) is 2.04. The van der Waals surface area contributed by atoms with Crippen LogP contribution in [0.5, 0.6) is 0 Å². The number of fused-ring (bicyclic) bond motifs is 1. The summed E-state index contributed by atoms with van der Waals surface area (Å²) in [6, 6.07) is 0. The molecule has 10 nitrogen and oxygen atoms in total. The van der Waals surface area contributed by atoms with E-state index in [0.29, 0.717) is 24.3 Å². The van der Waals surface area contributed by atoms with Crippen LogP contribution in [0.2, 0.25) is 0 Å².